The van der Waals surface area contributed by atoms with Crippen LogP contribution in [0.5, 0.6) is 0 Å². The molecule has 0 radical (unpaired) electrons. The lowest BCUT2D eigenvalue weighted by molar-refractivity contribution is 0.115. The highest BCUT2D eigenvalue weighted by Crippen LogP contribution is 2.28. The van der Waals surface area contributed by atoms with E-state index in [0.717, 1.165) is 44.7 Å². The highest BCUT2D eigenvalue weighted by molar-refractivity contribution is 5.79. The van der Waals surface area contributed by atoms with Gasteiger partial charge in [0.15, 0.2) is 5.96 Å². The number of ether oxygens (including phenoxy) is 1. The normalized spacial score (nSPS) is 15.7. The molecule has 0 heterocycles. The van der Waals surface area contributed by atoms with Crippen molar-refractivity contribution in [3.8, 4) is 0 Å². The molecule has 1 fully saturated rings. The van der Waals surface area contributed by atoms with Gasteiger partial charge >= 0.3 is 0 Å². The second-order valence-electron chi connectivity index (χ2n) is 6.70. The Morgan fingerprint density at radius 1 is 1.23 bits per heavy atom. The van der Waals surface area contributed by atoms with Crippen LogP contribution in [0.4, 0.5) is 0 Å². The van der Waals surface area contributed by atoms with Crippen molar-refractivity contribution in [2.45, 2.75) is 45.6 Å². The molecule has 5 nitrogen and oxygen atoms in total. The maximum Gasteiger partial charge on any atom is 0.193 e. The van der Waals surface area contributed by atoms with Gasteiger partial charge in [-0.25, -0.2) is 0 Å². The highest BCUT2D eigenvalue weighted by Gasteiger charge is 2.21. The van der Waals surface area contributed by atoms with Crippen LogP contribution in [-0.2, 0) is 4.74 Å². The molecule has 0 aromatic heterocycles. The van der Waals surface area contributed by atoms with Gasteiger partial charge in [0.05, 0.1) is 6.61 Å². The Morgan fingerprint density at radius 3 is 2.55 bits per heavy atom. The quantitative estimate of drug-likeness (QED) is 0.360. The van der Waals surface area contributed by atoms with E-state index in [9.17, 15) is 0 Å². The number of hydrogen-bond donors (Lipinski definition) is 1. The third-order valence-corrected chi connectivity index (χ3v) is 4.30. The van der Waals surface area contributed by atoms with Crippen molar-refractivity contribution in [1.82, 2.24) is 15.1 Å². The average molecular weight is 313 g/mol. The molecule has 1 aliphatic carbocycles. The third-order valence-electron chi connectivity index (χ3n) is 4.30. The van der Waals surface area contributed by atoms with Gasteiger partial charge in [0.1, 0.15) is 0 Å². The van der Waals surface area contributed by atoms with Crippen LogP contribution in [0.3, 0.4) is 0 Å². The van der Waals surface area contributed by atoms with Crippen LogP contribution in [0.2, 0.25) is 0 Å². The maximum absolute atomic E-state index is 5.68. The largest absolute Gasteiger partial charge is 0.379 e. The summed E-state index contributed by atoms with van der Waals surface area (Å²) in [6.07, 6.45) is 5.09. The lowest BCUT2D eigenvalue weighted by atomic mass is 10.2. The van der Waals surface area contributed by atoms with Crippen molar-refractivity contribution in [3.63, 3.8) is 0 Å². The zero-order chi connectivity index (χ0) is 16.4. The van der Waals surface area contributed by atoms with Crippen molar-refractivity contribution in [2.75, 3.05) is 54.0 Å². The summed E-state index contributed by atoms with van der Waals surface area (Å²) in [5.41, 5.74) is 0. The predicted octanol–water partition coefficient (Wildman–Crippen LogP) is 2.04. The molecule has 5 heteroatoms. The first-order chi connectivity index (χ1) is 10.5. The van der Waals surface area contributed by atoms with Crippen LogP contribution in [0, 0.1) is 5.92 Å². The summed E-state index contributed by atoms with van der Waals surface area (Å²) in [4.78, 5) is 8.87. The first-order valence-corrected chi connectivity index (χ1v) is 8.74. The maximum atomic E-state index is 5.68. The summed E-state index contributed by atoms with van der Waals surface area (Å²) in [5.74, 6) is 1.80. The standard InChI is InChI=1S/C17H36N4O/c1-15(2)20(4)11-7-6-10-19-17(18-3)21(5)12-13-22-14-16-8-9-16/h15-16H,6-14H2,1-5H3,(H,18,19). The Kier molecular flexibility index (Phi) is 9.48. The van der Waals surface area contributed by atoms with Crippen molar-refractivity contribution in [3.05, 3.63) is 0 Å². The van der Waals surface area contributed by atoms with Crippen molar-refractivity contribution in [2.24, 2.45) is 10.9 Å². The van der Waals surface area contributed by atoms with E-state index in [4.69, 9.17) is 4.74 Å². The Hall–Kier alpha value is -0.810. The molecule has 0 aromatic carbocycles. The molecule has 22 heavy (non-hydrogen) atoms. The van der Waals surface area contributed by atoms with Crippen molar-refractivity contribution >= 4 is 5.96 Å². The van der Waals surface area contributed by atoms with E-state index in [0.29, 0.717) is 6.04 Å². The SMILES string of the molecule is CN=C(NCCCCN(C)C(C)C)N(C)CCOCC1CC1. The molecule has 0 unspecified atom stereocenters. The van der Waals surface area contributed by atoms with E-state index in [-0.39, 0.29) is 0 Å². The molecule has 1 N–H and O–H groups in total. The van der Waals surface area contributed by atoms with E-state index in [2.05, 4.69) is 48.1 Å². The van der Waals surface area contributed by atoms with E-state index < -0.39 is 0 Å². The minimum Gasteiger partial charge on any atom is -0.379 e. The van der Waals surface area contributed by atoms with E-state index in [1.54, 1.807) is 0 Å². The zero-order valence-corrected chi connectivity index (χ0v) is 15.3. The molecular weight excluding hydrogens is 276 g/mol. The number of rotatable bonds is 11. The monoisotopic (exact) mass is 312 g/mol. The molecule has 0 bridgehead atoms. The van der Waals surface area contributed by atoms with E-state index >= 15 is 0 Å². The van der Waals surface area contributed by atoms with Gasteiger partial charge in [-0.3, -0.25) is 4.99 Å². The fourth-order valence-corrected chi connectivity index (χ4v) is 2.17. The smallest absolute Gasteiger partial charge is 0.193 e. The first kappa shape index (κ1) is 19.2. The van der Waals surface area contributed by atoms with Gasteiger partial charge in [-0.05, 0) is 59.0 Å². The Bertz CT molecular complexity index is 316. The van der Waals surface area contributed by atoms with Gasteiger partial charge < -0.3 is 19.9 Å². The number of hydrogen-bond acceptors (Lipinski definition) is 3. The molecule has 0 amide bonds. The Balaban J connectivity index is 2.04. The van der Waals surface area contributed by atoms with Gasteiger partial charge in [0, 0.05) is 39.8 Å². The van der Waals surface area contributed by atoms with Gasteiger partial charge in [0.2, 0.25) is 0 Å². The second-order valence-corrected chi connectivity index (χ2v) is 6.70. The van der Waals surface area contributed by atoms with Gasteiger partial charge in [0.25, 0.3) is 0 Å². The predicted molar refractivity (Wildman–Crippen MR) is 94.5 cm³/mol. The van der Waals surface area contributed by atoms with Crippen LogP contribution in [0.15, 0.2) is 4.99 Å². The fraction of sp³-hybridized carbons (Fsp3) is 0.941. The lowest BCUT2D eigenvalue weighted by Gasteiger charge is -2.23. The fourth-order valence-electron chi connectivity index (χ4n) is 2.17. The third kappa shape index (κ3) is 8.59. The summed E-state index contributed by atoms with van der Waals surface area (Å²) >= 11 is 0. The summed E-state index contributed by atoms with van der Waals surface area (Å²) in [5, 5.41) is 3.44. The molecular formula is C17H36N4O. The van der Waals surface area contributed by atoms with Gasteiger partial charge in [-0.2, -0.15) is 0 Å². The summed E-state index contributed by atoms with van der Waals surface area (Å²) in [7, 11) is 6.10. The van der Waals surface area contributed by atoms with Crippen LogP contribution < -0.4 is 5.32 Å². The molecule has 0 aromatic rings. The highest BCUT2D eigenvalue weighted by atomic mass is 16.5. The minimum atomic E-state index is 0.627. The molecule has 130 valence electrons. The van der Waals surface area contributed by atoms with Crippen LogP contribution >= 0.6 is 0 Å². The van der Waals surface area contributed by atoms with Crippen molar-refractivity contribution < 1.29 is 4.74 Å². The van der Waals surface area contributed by atoms with Gasteiger partial charge in [-0.1, -0.05) is 0 Å². The topological polar surface area (TPSA) is 40.1 Å². The molecule has 0 atom stereocenters. The molecule has 0 spiro atoms. The Morgan fingerprint density at radius 2 is 1.95 bits per heavy atom. The first-order valence-electron chi connectivity index (χ1n) is 8.74. The molecule has 1 rings (SSSR count). The molecule has 0 saturated heterocycles. The number of nitrogens with one attached hydrogen (secondary N) is 1. The molecule has 0 aliphatic heterocycles. The zero-order valence-electron chi connectivity index (χ0n) is 15.3. The number of guanidine groups is 1. The number of aliphatic imine (C=N–C) groups is 1. The average Bonchev–Trinajstić information content (AvgIpc) is 3.31. The van der Waals surface area contributed by atoms with Crippen LogP contribution in [0.25, 0.3) is 0 Å². The van der Waals surface area contributed by atoms with Crippen LogP contribution in [0.1, 0.15) is 39.5 Å². The lowest BCUT2D eigenvalue weighted by Crippen LogP contribution is -2.41. The van der Waals surface area contributed by atoms with Crippen LogP contribution in [-0.4, -0.2) is 75.8 Å². The van der Waals surface area contributed by atoms with E-state index in [1.165, 1.54) is 25.7 Å². The molecule has 1 saturated carbocycles. The number of unbranched alkanes of at least 4 members (excludes halogenated alkanes) is 1. The summed E-state index contributed by atoms with van der Waals surface area (Å²) in [6.45, 7) is 9.22. The van der Waals surface area contributed by atoms with Gasteiger partial charge in [-0.15, -0.1) is 0 Å². The summed E-state index contributed by atoms with van der Waals surface area (Å²) < 4.78 is 5.68. The minimum absolute atomic E-state index is 0.627. The Labute approximate surface area is 137 Å². The number of nitrogens with zero attached hydrogens (tertiary/aromatic N) is 3. The summed E-state index contributed by atoms with van der Waals surface area (Å²) in [6, 6.07) is 0.627. The second kappa shape index (κ2) is 10.8. The van der Waals surface area contributed by atoms with Crippen molar-refractivity contribution in [1.29, 1.82) is 0 Å². The molecule has 1 aliphatic rings. The number of likely N-dealkylation sites (N-methyl/N-ethyl adjacent to an activating group) is 1. The van der Waals surface area contributed by atoms with E-state index in [1.807, 2.05) is 7.05 Å².